The second-order valence-electron chi connectivity index (χ2n) is 2.62. The Morgan fingerprint density at radius 3 is 2.64 bits per heavy atom. The molecule has 78 valence electrons. The molecule has 0 aromatic carbocycles. The van der Waals surface area contributed by atoms with Gasteiger partial charge in [0.2, 0.25) is 5.91 Å². The van der Waals surface area contributed by atoms with Crippen LogP contribution in [-0.4, -0.2) is 10.9 Å². The van der Waals surface area contributed by atoms with E-state index in [0.717, 1.165) is 5.56 Å². The van der Waals surface area contributed by atoms with E-state index < -0.39 is 0 Å². The molecule has 0 unspecified atom stereocenters. The summed E-state index contributed by atoms with van der Waals surface area (Å²) in [6, 6.07) is 3.73. The van der Waals surface area contributed by atoms with Crippen molar-refractivity contribution in [3.63, 3.8) is 0 Å². The van der Waals surface area contributed by atoms with Gasteiger partial charge in [0.15, 0.2) is 0 Å². The van der Waals surface area contributed by atoms with E-state index in [-0.39, 0.29) is 5.91 Å². The molecule has 14 heavy (non-hydrogen) atoms. The number of aromatic nitrogens is 1. The zero-order valence-electron chi connectivity index (χ0n) is 9.29. The van der Waals surface area contributed by atoms with Crippen molar-refractivity contribution in [2.45, 2.75) is 34.1 Å². The molecule has 1 heterocycles. The van der Waals surface area contributed by atoms with Crippen molar-refractivity contribution in [3.05, 3.63) is 23.9 Å². The SMILES string of the molecule is CC.CCC(=O)Nc1cc(C)ccn1. The minimum Gasteiger partial charge on any atom is -0.311 e. The van der Waals surface area contributed by atoms with Crippen LogP contribution in [0.5, 0.6) is 0 Å². The van der Waals surface area contributed by atoms with Gasteiger partial charge >= 0.3 is 0 Å². The van der Waals surface area contributed by atoms with Crippen molar-refractivity contribution >= 4 is 11.7 Å². The topological polar surface area (TPSA) is 42.0 Å². The number of nitrogens with zero attached hydrogens (tertiary/aromatic N) is 1. The van der Waals surface area contributed by atoms with Crippen molar-refractivity contribution in [3.8, 4) is 0 Å². The summed E-state index contributed by atoms with van der Waals surface area (Å²) in [7, 11) is 0. The van der Waals surface area contributed by atoms with Crippen LogP contribution in [0.2, 0.25) is 0 Å². The number of carbonyl (C=O) groups is 1. The third-order valence-electron chi connectivity index (χ3n) is 1.50. The molecule has 0 saturated carbocycles. The van der Waals surface area contributed by atoms with Crippen molar-refractivity contribution < 1.29 is 4.79 Å². The van der Waals surface area contributed by atoms with E-state index in [1.165, 1.54) is 0 Å². The molecule has 0 saturated heterocycles. The van der Waals surface area contributed by atoms with Gasteiger partial charge in [-0.25, -0.2) is 4.98 Å². The number of pyridine rings is 1. The molecule has 0 aliphatic carbocycles. The highest BCUT2D eigenvalue weighted by Gasteiger charge is 1.98. The van der Waals surface area contributed by atoms with Crippen LogP contribution in [0, 0.1) is 6.92 Å². The van der Waals surface area contributed by atoms with Crippen LogP contribution in [0.25, 0.3) is 0 Å². The van der Waals surface area contributed by atoms with Crippen LogP contribution in [0.15, 0.2) is 18.3 Å². The fourth-order valence-corrected chi connectivity index (χ4v) is 0.836. The normalized spacial score (nSPS) is 8.57. The van der Waals surface area contributed by atoms with E-state index in [1.54, 1.807) is 6.20 Å². The highest BCUT2D eigenvalue weighted by Crippen LogP contribution is 2.04. The third kappa shape index (κ3) is 4.60. The summed E-state index contributed by atoms with van der Waals surface area (Å²) >= 11 is 0. The summed E-state index contributed by atoms with van der Waals surface area (Å²) in [6.45, 7) is 7.77. The predicted molar refractivity (Wildman–Crippen MR) is 59.2 cm³/mol. The van der Waals surface area contributed by atoms with E-state index in [2.05, 4.69) is 10.3 Å². The van der Waals surface area contributed by atoms with Crippen molar-refractivity contribution in [1.29, 1.82) is 0 Å². The van der Waals surface area contributed by atoms with Gasteiger partial charge in [-0.1, -0.05) is 20.8 Å². The second kappa shape index (κ2) is 7.06. The quantitative estimate of drug-likeness (QED) is 0.786. The summed E-state index contributed by atoms with van der Waals surface area (Å²) in [4.78, 5) is 14.9. The Kier molecular flexibility index (Phi) is 6.37. The number of rotatable bonds is 2. The van der Waals surface area contributed by atoms with Crippen molar-refractivity contribution in [2.24, 2.45) is 0 Å². The van der Waals surface area contributed by atoms with Gasteiger partial charge in [0.05, 0.1) is 0 Å². The summed E-state index contributed by atoms with van der Waals surface area (Å²) in [6.07, 6.45) is 2.16. The first kappa shape index (κ1) is 12.6. The molecule has 3 heteroatoms. The average Bonchev–Trinajstić information content (AvgIpc) is 2.21. The minimum absolute atomic E-state index is 0.00639. The van der Waals surface area contributed by atoms with Gasteiger partial charge in [0.25, 0.3) is 0 Å². The average molecular weight is 194 g/mol. The van der Waals surface area contributed by atoms with E-state index in [9.17, 15) is 4.79 Å². The molecule has 3 nitrogen and oxygen atoms in total. The molecule has 1 aromatic rings. The largest absolute Gasteiger partial charge is 0.311 e. The number of hydrogen-bond donors (Lipinski definition) is 1. The van der Waals surface area contributed by atoms with E-state index >= 15 is 0 Å². The second-order valence-corrected chi connectivity index (χ2v) is 2.62. The van der Waals surface area contributed by atoms with Crippen LogP contribution >= 0.6 is 0 Å². The fourth-order valence-electron chi connectivity index (χ4n) is 0.836. The van der Waals surface area contributed by atoms with Crippen molar-refractivity contribution in [2.75, 3.05) is 5.32 Å². The molecule has 0 fully saturated rings. The van der Waals surface area contributed by atoms with Gasteiger partial charge < -0.3 is 5.32 Å². The highest BCUT2D eigenvalue weighted by atomic mass is 16.1. The Labute approximate surface area is 85.6 Å². The Morgan fingerprint density at radius 2 is 2.14 bits per heavy atom. The molecule has 1 N–H and O–H groups in total. The molecular formula is C11H18N2O. The van der Waals surface area contributed by atoms with Crippen LogP contribution in [0.1, 0.15) is 32.8 Å². The molecule has 1 amide bonds. The van der Waals surface area contributed by atoms with Gasteiger partial charge in [0, 0.05) is 12.6 Å². The van der Waals surface area contributed by atoms with Crippen LogP contribution in [-0.2, 0) is 4.79 Å². The summed E-state index contributed by atoms with van der Waals surface area (Å²) < 4.78 is 0. The predicted octanol–water partition coefficient (Wildman–Crippen LogP) is 2.76. The van der Waals surface area contributed by atoms with Gasteiger partial charge in [-0.2, -0.15) is 0 Å². The first-order valence-electron chi connectivity index (χ1n) is 4.95. The smallest absolute Gasteiger partial charge is 0.225 e. The molecule has 0 aliphatic rings. The lowest BCUT2D eigenvalue weighted by Gasteiger charge is -2.01. The van der Waals surface area contributed by atoms with Gasteiger partial charge in [0.1, 0.15) is 5.82 Å². The van der Waals surface area contributed by atoms with Crippen LogP contribution in [0.3, 0.4) is 0 Å². The zero-order valence-corrected chi connectivity index (χ0v) is 9.29. The molecule has 0 atom stereocenters. The fraction of sp³-hybridized carbons (Fsp3) is 0.455. The Bertz CT molecular complexity index is 284. The summed E-state index contributed by atoms with van der Waals surface area (Å²) in [5.41, 5.74) is 1.09. The van der Waals surface area contributed by atoms with E-state index in [0.29, 0.717) is 12.2 Å². The van der Waals surface area contributed by atoms with Crippen LogP contribution < -0.4 is 5.32 Å². The molecule has 0 radical (unpaired) electrons. The summed E-state index contributed by atoms with van der Waals surface area (Å²) in [5, 5.41) is 2.68. The first-order chi connectivity index (χ1) is 6.72. The number of anilines is 1. The molecule has 1 rings (SSSR count). The van der Waals surface area contributed by atoms with Gasteiger partial charge in [-0.15, -0.1) is 0 Å². The molecule has 1 aromatic heterocycles. The van der Waals surface area contributed by atoms with Gasteiger partial charge in [-0.05, 0) is 24.6 Å². The lowest BCUT2D eigenvalue weighted by Crippen LogP contribution is -2.10. The number of carbonyl (C=O) groups excluding carboxylic acids is 1. The standard InChI is InChI=1S/C9H12N2O.C2H6/c1-3-9(12)11-8-6-7(2)4-5-10-8;1-2/h4-6H,3H2,1-2H3,(H,10,11,12);1-2H3. The molecule has 0 aliphatic heterocycles. The monoisotopic (exact) mass is 194 g/mol. The molecular weight excluding hydrogens is 176 g/mol. The molecule has 0 bridgehead atoms. The molecule has 0 spiro atoms. The maximum absolute atomic E-state index is 10.9. The Morgan fingerprint density at radius 1 is 1.50 bits per heavy atom. The Balaban J connectivity index is 0.000000791. The third-order valence-corrected chi connectivity index (χ3v) is 1.50. The van der Waals surface area contributed by atoms with Gasteiger partial charge in [-0.3, -0.25) is 4.79 Å². The van der Waals surface area contributed by atoms with Crippen LogP contribution in [0.4, 0.5) is 5.82 Å². The maximum Gasteiger partial charge on any atom is 0.225 e. The van der Waals surface area contributed by atoms with Crippen molar-refractivity contribution in [1.82, 2.24) is 4.98 Å². The zero-order chi connectivity index (χ0) is 11.0. The number of nitrogens with one attached hydrogen (secondary N) is 1. The number of aryl methyl sites for hydroxylation is 1. The number of amides is 1. The highest BCUT2D eigenvalue weighted by molar-refractivity contribution is 5.89. The number of hydrogen-bond acceptors (Lipinski definition) is 2. The first-order valence-corrected chi connectivity index (χ1v) is 4.95. The summed E-state index contributed by atoms with van der Waals surface area (Å²) in [5.74, 6) is 0.620. The lowest BCUT2D eigenvalue weighted by molar-refractivity contribution is -0.115. The lowest BCUT2D eigenvalue weighted by atomic mass is 10.3. The Hall–Kier alpha value is -1.38. The minimum atomic E-state index is -0.00639. The van der Waals surface area contributed by atoms with E-state index in [4.69, 9.17) is 0 Å². The van der Waals surface area contributed by atoms with E-state index in [1.807, 2.05) is 39.8 Å². The maximum atomic E-state index is 10.9.